The van der Waals surface area contributed by atoms with Crippen LogP contribution in [0, 0.1) is 0 Å². The van der Waals surface area contributed by atoms with Crippen LogP contribution in [0.15, 0.2) is 60.7 Å². The smallest absolute Gasteiger partial charge is 0.0184 e. The number of thiol groups is 1. The van der Waals surface area contributed by atoms with Gasteiger partial charge in [-0.15, -0.1) is 0 Å². The third-order valence-corrected chi connectivity index (χ3v) is 4.54. The second-order valence-corrected chi connectivity index (χ2v) is 5.69. The summed E-state index contributed by atoms with van der Waals surface area (Å²) in [4.78, 5) is 0. The van der Waals surface area contributed by atoms with E-state index in [0.717, 1.165) is 17.3 Å². The van der Waals surface area contributed by atoms with Crippen molar-refractivity contribution in [1.29, 1.82) is 0 Å². The molecule has 0 bridgehead atoms. The third-order valence-electron chi connectivity index (χ3n) is 2.92. The maximum atomic E-state index is 4.47. The molecule has 0 saturated heterocycles. The van der Waals surface area contributed by atoms with Crippen molar-refractivity contribution in [1.82, 2.24) is 0 Å². The minimum atomic E-state index is 0.545. The molecule has 1 atom stereocenters. The molecule has 2 aromatic rings. The maximum absolute atomic E-state index is 4.47. The molecule has 0 N–H and O–H groups in total. The van der Waals surface area contributed by atoms with E-state index in [1.54, 1.807) is 0 Å². The Morgan fingerprint density at radius 2 is 1.50 bits per heavy atom. The first-order chi connectivity index (χ1) is 8.90. The average Bonchev–Trinajstić information content (AvgIpc) is 2.46. The maximum Gasteiger partial charge on any atom is 0.0184 e. The molecule has 94 valence electrons. The Bertz CT molecular complexity index is 439. The molecule has 0 amide bonds. The Morgan fingerprint density at radius 1 is 0.889 bits per heavy atom. The van der Waals surface area contributed by atoms with Gasteiger partial charge >= 0.3 is 0 Å². The van der Waals surface area contributed by atoms with Gasteiger partial charge in [0.25, 0.3) is 0 Å². The lowest BCUT2D eigenvalue weighted by atomic mass is 10.0. The molecule has 0 aliphatic heterocycles. The fraction of sp³-hybridized carbons (Fsp3) is 0.250. The monoisotopic (exact) mass is 274 g/mol. The van der Waals surface area contributed by atoms with E-state index in [-0.39, 0.29) is 0 Å². The van der Waals surface area contributed by atoms with E-state index >= 15 is 0 Å². The van der Waals surface area contributed by atoms with Crippen LogP contribution < -0.4 is 0 Å². The van der Waals surface area contributed by atoms with Crippen molar-refractivity contribution < 1.29 is 0 Å². The van der Waals surface area contributed by atoms with Gasteiger partial charge in [0.2, 0.25) is 0 Å². The van der Waals surface area contributed by atoms with Gasteiger partial charge in [-0.1, -0.05) is 60.7 Å². The molecule has 2 aromatic carbocycles. The molecule has 0 spiro atoms. The Labute approximate surface area is 119 Å². The summed E-state index contributed by atoms with van der Waals surface area (Å²) in [6, 6.07) is 21.3. The van der Waals surface area contributed by atoms with Crippen LogP contribution in [0.25, 0.3) is 0 Å². The van der Waals surface area contributed by atoms with Crippen molar-refractivity contribution in [2.75, 3.05) is 11.5 Å². The molecule has 2 rings (SSSR count). The van der Waals surface area contributed by atoms with Crippen LogP contribution in [0.2, 0.25) is 0 Å². The van der Waals surface area contributed by atoms with Crippen molar-refractivity contribution in [2.24, 2.45) is 0 Å². The van der Waals surface area contributed by atoms with Gasteiger partial charge in [-0.25, -0.2) is 0 Å². The second kappa shape index (κ2) is 7.55. The Hall–Kier alpha value is -0.860. The first kappa shape index (κ1) is 13.6. The third kappa shape index (κ3) is 4.11. The average molecular weight is 274 g/mol. The van der Waals surface area contributed by atoms with E-state index in [0.29, 0.717) is 5.92 Å². The lowest BCUT2D eigenvalue weighted by Crippen LogP contribution is -2.03. The Kier molecular flexibility index (Phi) is 5.69. The number of thioether (sulfide) groups is 1. The fourth-order valence-corrected chi connectivity index (χ4v) is 3.53. The molecule has 0 nitrogen and oxygen atoms in total. The van der Waals surface area contributed by atoms with Gasteiger partial charge in [0, 0.05) is 17.4 Å². The van der Waals surface area contributed by atoms with E-state index in [2.05, 4.69) is 73.3 Å². The molecule has 0 aliphatic rings. The van der Waals surface area contributed by atoms with Crippen molar-refractivity contribution in [3.8, 4) is 0 Å². The van der Waals surface area contributed by atoms with Gasteiger partial charge < -0.3 is 0 Å². The fourth-order valence-electron chi connectivity index (χ4n) is 1.87. The Morgan fingerprint density at radius 3 is 2.11 bits per heavy atom. The number of hydrogen-bond donors (Lipinski definition) is 1. The largest absolute Gasteiger partial charge is 0.179 e. The summed E-state index contributed by atoms with van der Waals surface area (Å²) < 4.78 is 0. The van der Waals surface area contributed by atoms with Gasteiger partial charge in [-0.3, -0.25) is 0 Å². The molecule has 18 heavy (non-hydrogen) atoms. The van der Waals surface area contributed by atoms with Crippen molar-refractivity contribution in [3.63, 3.8) is 0 Å². The number of rotatable bonds is 6. The van der Waals surface area contributed by atoms with Crippen LogP contribution in [-0.2, 0) is 5.75 Å². The molecule has 0 saturated carbocycles. The molecule has 2 heteroatoms. The highest BCUT2D eigenvalue weighted by molar-refractivity contribution is 7.98. The van der Waals surface area contributed by atoms with Crippen LogP contribution in [0.3, 0.4) is 0 Å². The molecule has 0 fully saturated rings. The summed E-state index contributed by atoms with van der Waals surface area (Å²) >= 11 is 6.46. The zero-order chi connectivity index (χ0) is 12.6. The first-order valence-electron chi connectivity index (χ1n) is 6.17. The predicted molar refractivity (Wildman–Crippen MR) is 85.6 cm³/mol. The van der Waals surface area contributed by atoms with Crippen molar-refractivity contribution in [3.05, 3.63) is 71.8 Å². The molecule has 0 heterocycles. The molecule has 0 aromatic heterocycles. The summed E-state index contributed by atoms with van der Waals surface area (Å²) in [5.41, 5.74) is 2.79. The van der Waals surface area contributed by atoms with E-state index < -0.39 is 0 Å². The van der Waals surface area contributed by atoms with Crippen LogP contribution >= 0.6 is 24.4 Å². The quantitative estimate of drug-likeness (QED) is 0.749. The summed E-state index contributed by atoms with van der Waals surface area (Å²) in [5.74, 6) is 3.66. The molecular formula is C16H18S2. The van der Waals surface area contributed by atoms with Gasteiger partial charge in [0.15, 0.2) is 0 Å². The normalized spacial score (nSPS) is 12.3. The van der Waals surface area contributed by atoms with E-state index in [1.807, 2.05) is 11.8 Å². The number of hydrogen-bond acceptors (Lipinski definition) is 2. The molecule has 0 radical (unpaired) electrons. The zero-order valence-corrected chi connectivity index (χ0v) is 12.0. The highest BCUT2D eigenvalue weighted by atomic mass is 32.2. The highest BCUT2D eigenvalue weighted by Gasteiger charge is 2.09. The lowest BCUT2D eigenvalue weighted by Gasteiger charge is -2.14. The van der Waals surface area contributed by atoms with Crippen LogP contribution in [0.1, 0.15) is 17.0 Å². The first-order valence-corrected chi connectivity index (χ1v) is 7.96. The topological polar surface area (TPSA) is 0 Å². The minimum Gasteiger partial charge on any atom is -0.179 e. The van der Waals surface area contributed by atoms with Crippen molar-refractivity contribution >= 4 is 24.4 Å². The zero-order valence-electron chi connectivity index (χ0n) is 10.3. The Balaban J connectivity index is 1.85. The second-order valence-electron chi connectivity index (χ2n) is 4.29. The molecule has 1 unspecified atom stereocenters. The van der Waals surface area contributed by atoms with E-state index in [1.165, 1.54) is 11.1 Å². The SMILES string of the molecule is SCC(CSCc1ccccc1)c1ccccc1. The minimum absolute atomic E-state index is 0.545. The number of benzene rings is 2. The lowest BCUT2D eigenvalue weighted by molar-refractivity contribution is 0.898. The van der Waals surface area contributed by atoms with Crippen LogP contribution in [0.5, 0.6) is 0 Å². The summed E-state index contributed by atoms with van der Waals surface area (Å²) in [6.45, 7) is 0. The van der Waals surface area contributed by atoms with E-state index in [4.69, 9.17) is 0 Å². The van der Waals surface area contributed by atoms with Crippen molar-refractivity contribution in [2.45, 2.75) is 11.7 Å². The van der Waals surface area contributed by atoms with Gasteiger partial charge in [-0.2, -0.15) is 24.4 Å². The van der Waals surface area contributed by atoms with Crippen LogP contribution in [0.4, 0.5) is 0 Å². The van der Waals surface area contributed by atoms with E-state index in [9.17, 15) is 0 Å². The standard InChI is InChI=1S/C16H18S2/c17-11-16(15-9-5-2-6-10-15)13-18-12-14-7-3-1-4-8-14/h1-10,16-17H,11-13H2. The van der Waals surface area contributed by atoms with Crippen LogP contribution in [-0.4, -0.2) is 11.5 Å². The molecular weight excluding hydrogens is 256 g/mol. The van der Waals surface area contributed by atoms with Gasteiger partial charge in [-0.05, 0) is 16.9 Å². The summed E-state index contributed by atoms with van der Waals surface area (Å²) in [7, 11) is 0. The predicted octanol–water partition coefficient (Wildman–Crippen LogP) is 4.63. The van der Waals surface area contributed by atoms with Gasteiger partial charge in [0.05, 0.1) is 0 Å². The summed E-state index contributed by atoms with van der Waals surface area (Å²) in [6.07, 6.45) is 0. The highest BCUT2D eigenvalue weighted by Crippen LogP contribution is 2.24. The molecule has 0 aliphatic carbocycles. The summed E-state index contributed by atoms with van der Waals surface area (Å²) in [5, 5.41) is 0. The van der Waals surface area contributed by atoms with Gasteiger partial charge in [0.1, 0.15) is 0 Å².